The summed E-state index contributed by atoms with van der Waals surface area (Å²) in [6.07, 6.45) is 2.58. The Bertz CT molecular complexity index is 961. The molecule has 2 aromatic rings. The third kappa shape index (κ3) is 6.37. The predicted molar refractivity (Wildman–Crippen MR) is 131 cm³/mol. The molecule has 0 aromatic heterocycles. The Labute approximate surface area is 200 Å². The van der Waals surface area contributed by atoms with Gasteiger partial charge in [-0.25, -0.2) is 4.79 Å². The number of carbonyl (C=O) groups excluding carboxylic acids is 2. The number of benzene rings is 2. The van der Waals surface area contributed by atoms with Crippen LogP contribution in [0.3, 0.4) is 0 Å². The Balaban J connectivity index is 1.64. The second-order valence-corrected chi connectivity index (χ2v) is 8.76. The second kappa shape index (κ2) is 12.2. The van der Waals surface area contributed by atoms with Crippen LogP contribution in [0.25, 0.3) is 11.1 Å². The number of carbonyl (C=O) groups is 3. The summed E-state index contributed by atoms with van der Waals surface area (Å²) >= 11 is 0. The lowest BCUT2D eigenvalue weighted by Gasteiger charge is -2.23. The zero-order valence-corrected chi connectivity index (χ0v) is 19.9. The highest BCUT2D eigenvalue weighted by Gasteiger charge is 2.30. The molecule has 1 aliphatic carbocycles. The van der Waals surface area contributed by atoms with Gasteiger partial charge >= 0.3 is 12.1 Å². The third-order valence-corrected chi connectivity index (χ3v) is 6.20. The van der Waals surface area contributed by atoms with Crippen LogP contribution in [-0.2, 0) is 14.3 Å². The number of carboxylic acids is 1. The van der Waals surface area contributed by atoms with Gasteiger partial charge in [0.05, 0.1) is 6.42 Å². The molecule has 1 unspecified atom stereocenters. The predicted octanol–water partition coefficient (Wildman–Crippen LogP) is 4.84. The molecule has 34 heavy (non-hydrogen) atoms. The van der Waals surface area contributed by atoms with Gasteiger partial charge < -0.3 is 20.5 Å². The molecule has 0 saturated carbocycles. The first kappa shape index (κ1) is 25.3. The SMILES string of the molecule is CCCC[C@H](NC(=O)OCC1c2ccccc2-c2ccccc21)C(=O)NC(CCC)CC(=O)O. The van der Waals surface area contributed by atoms with Crippen molar-refractivity contribution in [2.75, 3.05) is 6.61 Å². The lowest BCUT2D eigenvalue weighted by molar-refractivity contribution is -0.137. The summed E-state index contributed by atoms with van der Waals surface area (Å²) in [5, 5.41) is 14.6. The maximum Gasteiger partial charge on any atom is 0.407 e. The van der Waals surface area contributed by atoms with Gasteiger partial charge in [-0.3, -0.25) is 9.59 Å². The van der Waals surface area contributed by atoms with Crippen molar-refractivity contribution in [3.63, 3.8) is 0 Å². The van der Waals surface area contributed by atoms with Crippen molar-refractivity contribution in [1.29, 1.82) is 0 Å². The average molecular weight is 467 g/mol. The molecule has 0 aliphatic heterocycles. The molecular formula is C27H34N2O5. The normalized spacial score (nSPS) is 13.9. The van der Waals surface area contributed by atoms with Crippen LogP contribution in [0.4, 0.5) is 4.79 Å². The van der Waals surface area contributed by atoms with Crippen molar-refractivity contribution in [1.82, 2.24) is 10.6 Å². The van der Waals surface area contributed by atoms with Crippen LogP contribution in [0.1, 0.15) is 69.4 Å². The van der Waals surface area contributed by atoms with Gasteiger partial charge in [0, 0.05) is 12.0 Å². The highest BCUT2D eigenvalue weighted by Crippen LogP contribution is 2.44. The van der Waals surface area contributed by atoms with E-state index in [9.17, 15) is 14.4 Å². The maximum atomic E-state index is 12.9. The Morgan fingerprint density at radius 3 is 2.09 bits per heavy atom. The number of unbranched alkanes of at least 4 members (excludes halogenated alkanes) is 1. The Kier molecular flexibility index (Phi) is 9.08. The number of rotatable bonds is 12. The number of carboxylic acid groups (broad SMARTS) is 1. The van der Waals surface area contributed by atoms with E-state index < -0.39 is 24.1 Å². The molecule has 0 radical (unpaired) electrons. The lowest BCUT2D eigenvalue weighted by Crippen LogP contribution is -2.50. The molecule has 3 rings (SSSR count). The summed E-state index contributed by atoms with van der Waals surface area (Å²) in [5.74, 6) is -1.40. The minimum absolute atomic E-state index is 0.0643. The number of alkyl carbamates (subject to hydrolysis) is 1. The van der Waals surface area contributed by atoms with Gasteiger partial charge in [-0.1, -0.05) is 81.6 Å². The summed E-state index contributed by atoms with van der Waals surface area (Å²) in [6.45, 7) is 4.11. The molecule has 0 heterocycles. The van der Waals surface area contributed by atoms with Crippen LogP contribution in [0.5, 0.6) is 0 Å². The molecule has 182 valence electrons. The molecule has 0 spiro atoms. The van der Waals surface area contributed by atoms with E-state index in [2.05, 4.69) is 34.9 Å². The zero-order chi connectivity index (χ0) is 24.5. The fourth-order valence-corrected chi connectivity index (χ4v) is 4.55. The van der Waals surface area contributed by atoms with Gasteiger partial charge in [-0.15, -0.1) is 0 Å². The zero-order valence-electron chi connectivity index (χ0n) is 19.9. The number of ether oxygens (including phenoxy) is 1. The maximum absolute atomic E-state index is 12.9. The van der Waals surface area contributed by atoms with E-state index in [0.717, 1.165) is 41.5 Å². The van der Waals surface area contributed by atoms with Crippen LogP contribution in [-0.4, -0.2) is 41.8 Å². The number of fused-ring (bicyclic) bond motifs is 3. The van der Waals surface area contributed by atoms with Crippen LogP contribution in [0.2, 0.25) is 0 Å². The quantitative estimate of drug-likeness (QED) is 0.415. The van der Waals surface area contributed by atoms with Gasteiger partial charge in [0.25, 0.3) is 0 Å². The fourth-order valence-electron chi connectivity index (χ4n) is 4.55. The molecule has 2 amide bonds. The van der Waals surface area contributed by atoms with Crippen molar-refractivity contribution in [2.45, 2.75) is 70.4 Å². The van der Waals surface area contributed by atoms with E-state index >= 15 is 0 Å². The van der Waals surface area contributed by atoms with Crippen molar-refractivity contribution < 1.29 is 24.2 Å². The molecule has 2 atom stereocenters. The molecular weight excluding hydrogens is 432 g/mol. The summed E-state index contributed by atoms with van der Waals surface area (Å²) in [5.41, 5.74) is 4.53. The van der Waals surface area contributed by atoms with Gasteiger partial charge in [0.15, 0.2) is 0 Å². The fraction of sp³-hybridized carbons (Fsp3) is 0.444. The number of nitrogens with one attached hydrogen (secondary N) is 2. The minimum Gasteiger partial charge on any atom is -0.481 e. The Morgan fingerprint density at radius 1 is 0.912 bits per heavy atom. The van der Waals surface area contributed by atoms with Crippen LogP contribution >= 0.6 is 0 Å². The molecule has 7 heteroatoms. The molecule has 0 fully saturated rings. The summed E-state index contributed by atoms with van der Waals surface area (Å²) < 4.78 is 5.59. The van der Waals surface area contributed by atoms with Gasteiger partial charge in [0.1, 0.15) is 12.6 Å². The standard InChI is InChI=1S/C27H34N2O5/c1-3-5-15-24(26(32)28-18(10-4-2)16-25(30)31)29-27(33)34-17-23-21-13-8-6-11-19(21)20-12-7-9-14-22(20)23/h6-9,11-14,18,23-24H,3-5,10,15-17H2,1-2H3,(H,28,32)(H,29,33)(H,30,31)/t18?,24-/m0/s1. The van der Waals surface area contributed by atoms with Gasteiger partial charge in [-0.05, 0) is 35.1 Å². The third-order valence-electron chi connectivity index (χ3n) is 6.20. The highest BCUT2D eigenvalue weighted by molar-refractivity contribution is 5.86. The van der Waals surface area contributed by atoms with Crippen molar-refractivity contribution in [3.05, 3.63) is 59.7 Å². The topological polar surface area (TPSA) is 105 Å². The van der Waals surface area contributed by atoms with E-state index in [1.807, 2.05) is 38.1 Å². The van der Waals surface area contributed by atoms with E-state index in [1.165, 1.54) is 0 Å². The van der Waals surface area contributed by atoms with Crippen LogP contribution in [0.15, 0.2) is 48.5 Å². The summed E-state index contributed by atoms with van der Waals surface area (Å²) in [7, 11) is 0. The smallest absolute Gasteiger partial charge is 0.407 e. The van der Waals surface area contributed by atoms with Gasteiger partial charge in [0.2, 0.25) is 5.91 Å². The van der Waals surface area contributed by atoms with Gasteiger partial charge in [-0.2, -0.15) is 0 Å². The van der Waals surface area contributed by atoms with E-state index in [0.29, 0.717) is 12.8 Å². The average Bonchev–Trinajstić information content (AvgIpc) is 3.14. The van der Waals surface area contributed by atoms with Crippen molar-refractivity contribution in [3.8, 4) is 11.1 Å². The molecule has 0 saturated heterocycles. The largest absolute Gasteiger partial charge is 0.481 e. The highest BCUT2D eigenvalue weighted by atomic mass is 16.5. The summed E-state index contributed by atoms with van der Waals surface area (Å²) in [6, 6.07) is 15.0. The first-order chi connectivity index (χ1) is 16.4. The van der Waals surface area contributed by atoms with Crippen LogP contribution < -0.4 is 10.6 Å². The number of amides is 2. The van der Waals surface area contributed by atoms with E-state index in [1.54, 1.807) is 0 Å². The monoisotopic (exact) mass is 466 g/mol. The lowest BCUT2D eigenvalue weighted by atomic mass is 9.98. The molecule has 1 aliphatic rings. The Hall–Kier alpha value is -3.35. The minimum atomic E-state index is -0.964. The van der Waals surface area contributed by atoms with E-state index in [-0.39, 0.29) is 24.9 Å². The molecule has 3 N–H and O–H groups in total. The van der Waals surface area contributed by atoms with Crippen molar-refractivity contribution >= 4 is 18.0 Å². The second-order valence-electron chi connectivity index (χ2n) is 8.76. The van der Waals surface area contributed by atoms with E-state index in [4.69, 9.17) is 9.84 Å². The first-order valence-electron chi connectivity index (χ1n) is 12.1. The molecule has 7 nitrogen and oxygen atoms in total. The first-order valence-corrected chi connectivity index (χ1v) is 12.1. The molecule has 0 bridgehead atoms. The number of hydrogen-bond acceptors (Lipinski definition) is 4. The summed E-state index contributed by atoms with van der Waals surface area (Å²) in [4.78, 5) is 36.7. The number of hydrogen-bond donors (Lipinski definition) is 3. The van der Waals surface area contributed by atoms with Crippen LogP contribution in [0, 0.1) is 0 Å². The Morgan fingerprint density at radius 2 is 1.53 bits per heavy atom. The number of aliphatic carboxylic acids is 1. The molecule has 2 aromatic carbocycles. The van der Waals surface area contributed by atoms with Crippen molar-refractivity contribution in [2.24, 2.45) is 0 Å².